The number of anilines is 1. The molecule has 7 rings (SSSR count). The summed E-state index contributed by atoms with van der Waals surface area (Å²) < 4.78 is 6.68. The Balaban J connectivity index is 1.18. The standard InChI is InChI=1S/C25H23N7O2/c1-34-24-5-2-16(9-28-24)12-31-19-6-20(31)14-30(13-19)23-4-3-17(10-27-23)22-7-21(33)15-32-25(22)18(8-26)11-29-32/h2-5,7,9-11,15,19-20,33H,6,12-14H2,1H3. The molecule has 4 aromatic heterocycles. The molecule has 0 radical (unpaired) electrons. The first-order valence-electron chi connectivity index (χ1n) is 11.2. The molecule has 9 nitrogen and oxygen atoms in total. The molecule has 3 aliphatic rings. The van der Waals surface area contributed by atoms with Gasteiger partial charge in [0.05, 0.1) is 30.6 Å². The van der Waals surface area contributed by atoms with Crippen molar-refractivity contribution >= 4 is 11.3 Å². The highest BCUT2D eigenvalue weighted by atomic mass is 16.5. The summed E-state index contributed by atoms with van der Waals surface area (Å²) in [5, 5.41) is 23.7. The van der Waals surface area contributed by atoms with Crippen LogP contribution in [-0.4, -0.2) is 61.9 Å². The van der Waals surface area contributed by atoms with Crippen molar-refractivity contribution in [2.75, 3.05) is 25.1 Å². The molecule has 3 aliphatic heterocycles. The molecule has 4 aromatic rings. The van der Waals surface area contributed by atoms with Gasteiger partial charge in [-0.15, -0.1) is 0 Å². The number of hydrogen-bond acceptors (Lipinski definition) is 8. The molecular formula is C25H23N7O2. The zero-order valence-electron chi connectivity index (χ0n) is 18.7. The molecule has 0 saturated carbocycles. The van der Waals surface area contributed by atoms with Crippen molar-refractivity contribution in [3.8, 4) is 28.8 Å². The number of methoxy groups -OCH3 is 1. The molecule has 3 fully saturated rings. The summed E-state index contributed by atoms with van der Waals surface area (Å²) in [5.74, 6) is 1.66. The zero-order chi connectivity index (χ0) is 23.2. The van der Waals surface area contributed by atoms with E-state index in [1.54, 1.807) is 19.4 Å². The van der Waals surface area contributed by atoms with Gasteiger partial charge < -0.3 is 14.7 Å². The largest absolute Gasteiger partial charge is 0.506 e. The fourth-order valence-corrected chi connectivity index (χ4v) is 5.11. The van der Waals surface area contributed by atoms with Gasteiger partial charge in [0.25, 0.3) is 0 Å². The second-order valence-corrected chi connectivity index (χ2v) is 8.81. The summed E-state index contributed by atoms with van der Waals surface area (Å²) in [4.78, 5) is 13.9. The highest BCUT2D eigenvalue weighted by molar-refractivity contribution is 5.85. The van der Waals surface area contributed by atoms with E-state index in [1.165, 1.54) is 28.9 Å². The Hall–Kier alpha value is -4.16. The lowest BCUT2D eigenvalue weighted by Crippen LogP contribution is -2.68. The van der Waals surface area contributed by atoms with Gasteiger partial charge in [-0.2, -0.15) is 10.4 Å². The Morgan fingerprint density at radius 1 is 1.12 bits per heavy atom. The predicted molar refractivity (Wildman–Crippen MR) is 126 cm³/mol. The first kappa shape index (κ1) is 20.4. The van der Waals surface area contributed by atoms with Crippen molar-refractivity contribution in [2.24, 2.45) is 0 Å². The van der Waals surface area contributed by atoms with Crippen LogP contribution in [0, 0.1) is 11.3 Å². The Labute approximate surface area is 196 Å². The maximum Gasteiger partial charge on any atom is 0.212 e. The summed E-state index contributed by atoms with van der Waals surface area (Å²) in [7, 11) is 1.63. The average molecular weight is 454 g/mol. The van der Waals surface area contributed by atoms with Crippen molar-refractivity contribution in [3.63, 3.8) is 0 Å². The minimum atomic E-state index is 0.0856. The quantitative estimate of drug-likeness (QED) is 0.492. The first-order valence-corrected chi connectivity index (χ1v) is 11.2. The van der Waals surface area contributed by atoms with Crippen molar-refractivity contribution in [1.29, 1.82) is 5.26 Å². The van der Waals surface area contributed by atoms with Gasteiger partial charge in [0, 0.05) is 61.3 Å². The lowest BCUT2D eigenvalue weighted by Gasteiger charge is -2.56. The lowest BCUT2D eigenvalue weighted by molar-refractivity contribution is -0.00876. The van der Waals surface area contributed by atoms with Crippen molar-refractivity contribution < 1.29 is 9.84 Å². The van der Waals surface area contributed by atoms with Crippen LogP contribution in [0.3, 0.4) is 0 Å². The molecule has 0 aromatic carbocycles. The maximum atomic E-state index is 10.1. The molecule has 3 saturated heterocycles. The molecule has 1 N–H and O–H groups in total. The molecule has 0 spiro atoms. The van der Waals surface area contributed by atoms with Crippen LogP contribution < -0.4 is 9.64 Å². The predicted octanol–water partition coefficient (Wildman–Crippen LogP) is 2.84. The number of piperazine rings is 1. The number of aromatic hydroxyl groups is 1. The summed E-state index contributed by atoms with van der Waals surface area (Å²) in [5.41, 5.74) is 3.88. The smallest absolute Gasteiger partial charge is 0.212 e. The summed E-state index contributed by atoms with van der Waals surface area (Å²) in [6.07, 6.45) is 7.90. The maximum absolute atomic E-state index is 10.1. The fourth-order valence-electron chi connectivity index (χ4n) is 5.11. The molecule has 7 heterocycles. The second kappa shape index (κ2) is 8.01. The molecular weight excluding hydrogens is 430 g/mol. The van der Waals surface area contributed by atoms with Gasteiger partial charge >= 0.3 is 0 Å². The Bertz CT molecular complexity index is 1380. The van der Waals surface area contributed by atoms with Crippen molar-refractivity contribution in [2.45, 2.75) is 25.0 Å². The summed E-state index contributed by atoms with van der Waals surface area (Å²) in [6.45, 7) is 2.76. The molecule has 2 bridgehead atoms. The van der Waals surface area contributed by atoms with Gasteiger partial charge in [-0.1, -0.05) is 6.07 Å². The Kier molecular flexibility index (Phi) is 4.81. The summed E-state index contributed by atoms with van der Waals surface area (Å²) >= 11 is 0. The third-order valence-corrected chi connectivity index (χ3v) is 6.82. The van der Waals surface area contributed by atoms with E-state index in [9.17, 15) is 10.4 Å². The number of nitriles is 1. The second-order valence-electron chi connectivity index (χ2n) is 8.81. The normalized spacial score (nSPS) is 19.6. The van der Waals surface area contributed by atoms with Crippen LogP contribution in [0.15, 0.2) is 55.1 Å². The third-order valence-electron chi connectivity index (χ3n) is 6.82. The molecule has 2 atom stereocenters. The first-order chi connectivity index (χ1) is 16.6. The topological polar surface area (TPSA) is 103 Å². The third kappa shape index (κ3) is 3.40. The van der Waals surface area contributed by atoms with Gasteiger partial charge in [-0.05, 0) is 30.2 Å². The van der Waals surface area contributed by atoms with Crippen LogP contribution in [-0.2, 0) is 6.54 Å². The molecule has 0 amide bonds. The van der Waals surface area contributed by atoms with Crippen LogP contribution in [0.5, 0.6) is 11.6 Å². The molecule has 9 heteroatoms. The van der Waals surface area contributed by atoms with E-state index in [0.29, 0.717) is 29.0 Å². The van der Waals surface area contributed by atoms with Crippen LogP contribution in [0.4, 0.5) is 5.82 Å². The monoisotopic (exact) mass is 453 g/mol. The minimum Gasteiger partial charge on any atom is -0.506 e. The fraction of sp³-hybridized carbons (Fsp3) is 0.280. The number of nitrogens with zero attached hydrogens (tertiary/aromatic N) is 7. The van der Waals surface area contributed by atoms with Gasteiger partial charge in [0.15, 0.2) is 0 Å². The number of pyridine rings is 3. The average Bonchev–Trinajstić information content (AvgIpc) is 3.30. The number of fused-ring (bicyclic) bond motifs is 3. The van der Waals surface area contributed by atoms with Gasteiger partial charge in [-0.25, -0.2) is 14.5 Å². The SMILES string of the molecule is COc1ccc(CN2C3CC2CN(c2ccc(-c4cc(O)cn5ncc(C#N)c45)cn2)C3)cn1. The highest BCUT2D eigenvalue weighted by Crippen LogP contribution is 2.36. The van der Waals surface area contributed by atoms with E-state index in [4.69, 9.17) is 9.72 Å². The van der Waals surface area contributed by atoms with Crippen LogP contribution >= 0.6 is 0 Å². The van der Waals surface area contributed by atoms with E-state index >= 15 is 0 Å². The van der Waals surface area contributed by atoms with E-state index < -0.39 is 0 Å². The Morgan fingerprint density at radius 3 is 2.65 bits per heavy atom. The Morgan fingerprint density at radius 2 is 1.97 bits per heavy atom. The number of aromatic nitrogens is 4. The number of hydrogen-bond donors (Lipinski definition) is 1. The minimum absolute atomic E-state index is 0.0856. The number of ether oxygens (including phenoxy) is 1. The molecule has 170 valence electrons. The molecule has 34 heavy (non-hydrogen) atoms. The van der Waals surface area contributed by atoms with Gasteiger partial charge in [-0.3, -0.25) is 4.90 Å². The zero-order valence-corrected chi connectivity index (χ0v) is 18.7. The number of rotatable bonds is 5. The van der Waals surface area contributed by atoms with E-state index in [-0.39, 0.29) is 5.75 Å². The number of piperidine rings is 1. The van der Waals surface area contributed by atoms with Crippen LogP contribution in [0.25, 0.3) is 16.6 Å². The molecule has 0 aliphatic carbocycles. The van der Waals surface area contributed by atoms with Crippen molar-refractivity contribution in [3.05, 3.63) is 66.2 Å². The van der Waals surface area contributed by atoms with Gasteiger partial charge in [0.1, 0.15) is 17.6 Å². The van der Waals surface area contributed by atoms with E-state index in [1.807, 2.05) is 24.4 Å². The lowest BCUT2D eigenvalue weighted by atomic mass is 9.87. The van der Waals surface area contributed by atoms with E-state index in [2.05, 4.69) is 32.0 Å². The van der Waals surface area contributed by atoms with Crippen LogP contribution in [0.2, 0.25) is 0 Å². The van der Waals surface area contributed by atoms with Crippen LogP contribution in [0.1, 0.15) is 17.5 Å². The molecule has 2 unspecified atom stereocenters. The summed E-state index contributed by atoms with van der Waals surface area (Å²) in [6, 6.07) is 12.8. The van der Waals surface area contributed by atoms with Crippen molar-refractivity contribution in [1.82, 2.24) is 24.5 Å². The van der Waals surface area contributed by atoms with Gasteiger partial charge in [0.2, 0.25) is 5.88 Å². The highest BCUT2D eigenvalue weighted by Gasteiger charge is 2.44. The van der Waals surface area contributed by atoms with E-state index in [0.717, 1.165) is 36.6 Å².